The van der Waals surface area contributed by atoms with Crippen molar-refractivity contribution < 1.29 is 9.59 Å². The van der Waals surface area contributed by atoms with E-state index in [2.05, 4.69) is 11.9 Å². The molecule has 1 aromatic heterocycles. The maximum absolute atomic E-state index is 12.8. The fraction of sp³-hybridized carbons (Fsp3) is 0.100. The predicted octanol–water partition coefficient (Wildman–Crippen LogP) is 2.78. The highest BCUT2D eigenvalue weighted by atomic mass is 16.2. The molecule has 0 radical (unpaired) electrons. The number of carbonyl (C=O) groups is 2. The number of nitrogens with zero attached hydrogens (tertiary/aromatic N) is 1. The third-order valence-corrected chi connectivity index (χ3v) is 4.05. The van der Waals surface area contributed by atoms with Gasteiger partial charge in [0.15, 0.2) is 0 Å². The topological polar surface area (TPSA) is 77.1 Å². The lowest BCUT2D eigenvalue weighted by atomic mass is 10.1. The molecule has 5 heteroatoms. The van der Waals surface area contributed by atoms with Gasteiger partial charge in [0, 0.05) is 23.6 Å². The molecule has 3 rings (SSSR count). The molecule has 25 heavy (non-hydrogen) atoms. The Hall–Kier alpha value is -3.34. The number of primary amides is 1. The van der Waals surface area contributed by atoms with Gasteiger partial charge in [0.2, 0.25) is 5.91 Å². The van der Waals surface area contributed by atoms with Gasteiger partial charge in [-0.1, -0.05) is 54.6 Å². The molecule has 0 saturated carbocycles. The molecule has 0 spiro atoms. The summed E-state index contributed by atoms with van der Waals surface area (Å²) in [7, 11) is 0. The zero-order chi connectivity index (χ0) is 17.8. The summed E-state index contributed by atoms with van der Waals surface area (Å²) >= 11 is 0. The maximum Gasteiger partial charge on any atom is 0.254 e. The molecule has 0 aliphatic carbocycles. The van der Waals surface area contributed by atoms with Gasteiger partial charge >= 0.3 is 0 Å². The number of nitrogens with two attached hydrogens (primary N) is 1. The van der Waals surface area contributed by atoms with Crippen LogP contribution in [0.4, 0.5) is 0 Å². The van der Waals surface area contributed by atoms with Gasteiger partial charge in [-0.15, -0.1) is 6.58 Å². The largest absolute Gasteiger partial charge is 0.368 e. The molecule has 0 bridgehead atoms. The van der Waals surface area contributed by atoms with Crippen molar-refractivity contribution in [1.82, 2.24) is 9.88 Å². The quantitative estimate of drug-likeness (QED) is 0.681. The number of carbonyl (C=O) groups excluding carboxylic acids is 2. The summed E-state index contributed by atoms with van der Waals surface area (Å²) < 4.78 is 1.94. The normalized spacial score (nSPS) is 11.8. The standard InChI is InChI=1S/C20H19N3O2/c1-2-12-23-13-16(15-10-6-7-11-17(15)23)20(25)22-18(19(21)24)14-8-4-3-5-9-14/h2-11,13,18H,1,12H2,(H2,21,24)(H,22,25)/t18-/m1/s1. The minimum Gasteiger partial charge on any atom is -0.368 e. The second-order valence-electron chi connectivity index (χ2n) is 5.72. The van der Waals surface area contributed by atoms with Crippen LogP contribution in [0.15, 0.2) is 73.4 Å². The van der Waals surface area contributed by atoms with E-state index in [9.17, 15) is 9.59 Å². The summed E-state index contributed by atoms with van der Waals surface area (Å²) in [6.07, 6.45) is 3.54. The Morgan fingerprint density at radius 2 is 1.80 bits per heavy atom. The van der Waals surface area contributed by atoms with Crippen molar-refractivity contribution in [2.45, 2.75) is 12.6 Å². The third kappa shape index (κ3) is 3.30. The van der Waals surface area contributed by atoms with E-state index in [1.54, 1.807) is 36.5 Å². The number of rotatable bonds is 6. The Labute approximate surface area is 145 Å². The van der Waals surface area contributed by atoms with Crippen LogP contribution in [-0.4, -0.2) is 16.4 Å². The van der Waals surface area contributed by atoms with E-state index < -0.39 is 11.9 Å². The number of hydrogen-bond donors (Lipinski definition) is 2. The van der Waals surface area contributed by atoms with Gasteiger partial charge in [0.05, 0.1) is 5.56 Å². The van der Waals surface area contributed by atoms with E-state index in [-0.39, 0.29) is 5.91 Å². The van der Waals surface area contributed by atoms with Crippen LogP contribution in [0.5, 0.6) is 0 Å². The molecule has 0 aliphatic rings. The van der Waals surface area contributed by atoms with Crippen molar-refractivity contribution in [1.29, 1.82) is 0 Å². The van der Waals surface area contributed by atoms with E-state index in [1.807, 2.05) is 34.9 Å². The van der Waals surface area contributed by atoms with Crippen LogP contribution in [0.1, 0.15) is 22.0 Å². The molecular weight excluding hydrogens is 314 g/mol. The molecule has 0 unspecified atom stereocenters. The van der Waals surface area contributed by atoms with Gasteiger partial charge in [0.25, 0.3) is 5.91 Å². The second kappa shape index (κ2) is 7.05. The summed E-state index contributed by atoms with van der Waals surface area (Å²) in [6.45, 7) is 4.33. The number of fused-ring (bicyclic) bond motifs is 1. The number of para-hydroxylation sites is 1. The lowest BCUT2D eigenvalue weighted by molar-refractivity contribution is -0.120. The minimum absolute atomic E-state index is 0.341. The third-order valence-electron chi connectivity index (χ3n) is 4.05. The Balaban J connectivity index is 1.96. The van der Waals surface area contributed by atoms with E-state index in [0.717, 1.165) is 10.9 Å². The van der Waals surface area contributed by atoms with Crippen molar-refractivity contribution in [2.24, 2.45) is 5.73 Å². The summed E-state index contributed by atoms with van der Waals surface area (Å²) in [5.74, 6) is -0.943. The number of benzene rings is 2. The van der Waals surface area contributed by atoms with Crippen molar-refractivity contribution in [3.63, 3.8) is 0 Å². The van der Waals surface area contributed by atoms with E-state index in [4.69, 9.17) is 5.73 Å². The first-order valence-corrected chi connectivity index (χ1v) is 7.95. The number of aromatic nitrogens is 1. The van der Waals surface area contributed by atoms with Crippen molar-refractivity contribution >= 4 is 22.7 Å². The van der Waals surface area contributed by atoms with Crippen LogP contribution in [0.3, 0.4) is 0 Å². The zero-order valence-corrected chi connectivity index (χ0v) is 13.7. The van der Waals surface area contributed by atoms with Gasteiger partial charge in [0.1, 0.15) is 6.04 Å². The first-order chi connectivity index (χ1) is 12.1. The van der Waals surface area contributed by atoms with Gasteiger partial charge in [-0.25, -0.2) is 0 Å². The summed E-state index contributed by atoms with van der Waals surface area (Å²) in [5.41, 5.74) is 7.57. The van der Waals surface area contributed by atoms with Crippen LogP contribution in [-0.2, 0) is 11.3 Å². The molecule has 0 saturated heterocycles. The summed E-state index contributed by atoms with van der Waals surface area (Å²) in [4.78, 5) is 24.6. The molecule has 0 aliphatic heterocycles. The molecule has 2 aromatic carbocycles. The van der Waals surface area contributed by atoms with Crippen LogP contribution in [0.25, 0.3) is 10.9 Å². The van der Waals surface area contributed by atoms with Crippen LogP contribution >= 0.6 is 0 Å². The van der Waals surface area contributed by atoms with Gasteiger partial charge in [-0.3, -0.25) is 9.59 Å². The Bertz CT molecular complexity index is 929. The molecule has 1 heterocycles. The van der Waals surface area contributed by atoms with Gasteiger partial charge < -0.3 is 15.6 Å². The molecule has 126 valence electrons. The monoisotopic (exact) mass is 333 g/mol. The Kier molecular flexibility index (Phi) is 4.66. The molecule has 1 atom stereocenters. The fourth-order valence-electron chi connectivity index (χ4n) is 2.89. The average molecular weight is 333 g/mol. The van der Waals surface area contributed by atoms with E-state index in [1.165, 1.54) is 0 Å². The van der Waals surface area contributed by atoms with Gasteiger partial charge in [-0.2, -0.15) is 0 Å². The van der Waals surface area contributed by atoms with E-state index in [0.29, 0.717) is 17.7 Å². The number of nitrogens with one attached hydrogen (secondary N) is 1. The van der Waals surface area contributed by atoms with Crippen LogP contribution < -0.4 is 11.1 Å². The molecule has 0 fully saturated rings. The zero-order valence-electron chi connectivity index (χ0n) is 13.7. The predicted molar refractivity (Wildman–Crippen MR) is 98.0 cm³/mol. The van der Waals surface area contributed by atoms with Crippen molar-refractivity contribution in [2.75, 3.05) is 0 Å². The maximum atomic E-state index is 12.8. The first kappa shape index (κ1) is 16.5. The molecular formula is C20H19N3O2. The minimum atomic E-state index is -0.879. The average Bonchev–Trinajstić information content (AvgIpc) is 2.99. The highest BCUT2D eigenvalue weighted by Gasteiger charge is 2.23. The highest BCUT2D eigenvalue weighted by molar-refractivity contribution is 6.08. The highest BCUT2D eigenvalue weighted by Crippen LogP contribution is 2.22. The lowest BCUT2D eigenvalue weighted by Crippen LogP contribution is -2.37. The number of amides is 2. The van der Waals surface area contributed by atoms with Crippen molar-refractivity contribution in [3.05, 3.63) is 84.6 Å². The second-order valence-corrected chi connectivity index (χ2v) is 5.72. The smallest absolute Gasteiger partial charge is 0.254 e. The van der Waals surface area contributed by atoms with E-state index >= 15 is 0 Å². The SMILES string of the molecule is C=CCn1cc(C(=O)N[C@@H](C(N)=O)c2ccccc2)c2ccccc21. The molecule has 2 amide bonds. The fourth-order valence-corrected chi connectivity index (χ4v) is 2.89. The van der Waals surface area contributed by atoms with Gasteiger partial charge in [-0.05, 0) is 11.6 Å². The Morgan fingerprint density at radius 3 is 2.48 bits per heavy atom. The summed E-state index contributed by atoms with van der Waals surface area (Å²) in [6, 6.07) is 15.7. The number of allylic oxidation sites excluding steroid dienone is 1. The molecule has 3 N–H and O–H groups in total. The Morgan fingerprint density at radius 1 is 1.12 bits per heavy atom. The van der Waals surface area contributed by atoms with Crippen LogP contribution in [0.2, 0.25) is 0 Å². The number of hydrogen-bond acceptors (Lipinski definition) is 2. The first-order valence-electron chi connectivity index (χ1n) is 7.95. The molecule has 5 nitrogen and oxygen atoms in total. The van der Waals surface area contributed by atoms with Crippen LogP contribution in [0, 0.1) is 0 Å². The van der Waals surface area contributed by atoms with Crippen molar-refractivity contribution in [3.8, 4) is 0 Å². The molecule has 3 aromatic rings. The summed E-state index contributed by atoms with van der Waals surface area (Å²) in [5, 5.41) is 3.56. The lowest BCUT2D eigenvalue weighted by Gasteiger charge is -2.15.